The minimum atomic E-state index is -3.04. The molecule has 1 rings (SSSR count). The topological polar surface area (TPSA) is 30.0 Å². The standard InChI is InChI=1S/C8H5ClF3NO/c9-1-4-2-13-7(8(11)12)6(10)5(4)3-14/h2-3,8H,1H2. The molecule has 0 saturated carbocycles. The zero-order valence-electron chi connectivity index (χ0n) is 6.81. The van der Waals surface area contributed by atoms with Crippen LogP contribution < -0.4 is 0 Å². The fourth-order valence-corrected chi connectivity index (χ4v) is 1.15. The van der Waals surface area contributed by atoms with Crippen LogP contribution in [0.25, 0.3) is 0 Å². The average molecular weight is 224 g/mol. The summed E-state index contributed by atoms with van der Waals surface area (Å²) in [5.41, 5.74) is -1.38. The molecule has 0 amide bonds. The van der Waals surface area contributed by atoms with Crippen LogP contribution in [0.4, 0.5) is 13.2 Å². The summed E-state index contributed by atoms with van der Waals surface area (Å²) in [5, 5.41) is 0. The van der Waals surface area contributed by atoms with E-state index in [0.29, 0.717) is 0 Å². The molecular weight excluding hydrogens is 219 g/mol. The molecule has 0 atom stereocenters. The molecule has 0 aliphatic rings. The molecule has 0 aliphatic carbocycles. The molecule has 76 valence electrons. The van der Waals surface area contributed by atoms with Gasteiger partial charge in [-0.15, -0.1) is 11.6 Å². The van der Waals surface area contributed by atoms with Crippen molar-refractivity contribution in [2.24, 2.45) is 0 Å². The smallest absolute Gasteiger partial charge is 0.283 e. The van der Waals surface area contributed by atoms with Gasteiger partial charge in [0.25, 0.3) is 6.43 Å². The van der Waals surface area contributed by atoms with Crippen LogP contribution in [0, 0.1) is 5.82 Å². The van der Waals surface area contributed by atoms with Gasteiger partial charge in [0.2, 0.25) is 0 Å². The molecule has 0 fully saturated rings. The number of hydrogen-bond donors (Lipinski definition) is 0. The van der Waals surface area contributed by atoms with Gasteiger partial charge in [-0.05, 0) is 5.56 Å². The molecule has 0 unspecified atom stereocenters. The average Bonchev–Trinajstić information content (AvgIpc) is 2.16. The largest absolute Gasteiger partial charge is 0.298 e. The predicted octanol–water partition coefficient (Wildman–Crippen LogP) is 2.71. The van der Waals surface area contributed by atoms with Crippen molar-refractivity contribution in [2.75, 3.05) is 0 Å². The number of pyridine rings is 1. The van der Waals surface area contributed by atoms with Gasteiger partial charge in [-0.1, -0.05) is 0 Å². The van der Waals surface area contributed by atoms with Gasteiger partial charge in [-0.2, -0.15) is 0 Å². The molecule has 1 aromatic rings. The number of hydrogen-bond acceptors (Lipinski definition) is 2. The van der Waals surface area contributed by atoms with Gasteiger partial charge >= 0.3 is 0 Å². The normalized spacial score (nSPS) is 10.6. The third kappa shape index (κ3) is 1.87. The lowest BCUT2D eigenvalue weighted by atomic mass is 10.1. The highest BCUT2D eigenvalue weighted by atomic mass is 35.5. The maximum atomic E-state index is 13.1. The Morgan fingerprint density at radius 1 is 1.57 bits per heavy atom. The molecule has 6 heteroatoms. The Kier molecular flexibility index (Phi) is 3.46. The molecule has 0 N–H and O–H groups in total. The van der Waals surface area contributed by atoms with E-state index in [-0.39, 0.29) is 17.7 Å². The maximum absolute atomic E-state index is 13.1. The van der Waals surface area contributed by atoms with Crippen LogP contribution in [-0.4, -0.2) is 11.3 Å². The number of rotatable bonds is 3. The third-order valence-corrected chi connectivity index (χ3v) is 1.92. The molecule has 0 aliphatic heterocycles. The van der Waals surface area contributed by atoms with Gasteiger partial charge in [0, 0.05) is 12.1 Å². The quantitative estimate of drug-likeness (QED) is 0.583. The number of aromatic nitrogens is 1. The maximum Gasteiger partial charge on any atom is 0.283 e. The van der Waals surface area contributed by atoms with Crippen molar-refractivity contribution < 1.29 is 18.0 Å². The van der Waals surface area contributed by atoms with E-state index in [4.69, 9.17) is 11.6 Å². The Balaban J connectivity index is 3.34. The summed E-state index contributed by atoms with van der Waals surface area (Å²) in [4.78, 5) is 13.6. The number of nitrogens with zero attached hydrogens (tertiary/aromatic N) is 1. The zero-order chi connectivity index (χ0) is 10.7. The molecule has 2 nitrogen and oxygen atoms in total. The third-order valence-electron chi connectivity index (χ3n) is 1.64. The Bertz CT molecular complexity index is 357. The van der Waals surface area contributed by atoms with E-state index in [0.717, 1.165) is 6.20 Å². The molecule has 14 heavy (non-hydrogen) atoms. The molecule has 0 saturated heterocycles. The monoisotopic (exact) mass is 223 g/mol. The lowest BCUT2D eigenvalue weighted by molar-refractivity contribution is 0.111. The molecule has 1 heterocycles. The summed E-state index contributed by atoms with van der Waals surface area (Å²) in [5.74, 6) is -1.45. The van der Waals surface area contributed by atoms with Crippen molar-refractivity contribution in [3.63, 3.8) is 0 Å². The first kappa shape index (κ1) is 11.0. The Morgan fingerprint density at radius 3 is 2.64 bits per heavy atom. The second-order valence-corrected chi connectivity index (χ2v) is 2.72. The van der Waals surface area contributed by atoms with Gasteiger partial charge in [0.1, 0.15) is 5.69 Å². The van der Waals surface area contributed by atoms with Gasteiger partial charge < -0.3 is 0 Å². The molecule has 0 radical (unpaired) electrons. The van der Waals surface area contributed by atoms with E-state index in [2.05, 4.69) is 4.98 Å². The molecular formula is C8H5ClF3NO. The summed E-state index contributed by atoms with van der Waals surface area (Å²) in [6, 6.07) is 0. The highest BCUT2D eigenvalue weighted by Crippen LogP contribution is 2.23. The van der Waals surface area contributed by atoms with Crippen LogP contribution in [0.1, 0.15) is 28.0 Å². The molecule has 0 aromatic carbocycles. The van der Waals surface area contributed by atoms with Crippen molar-refractivity contribution in [3.8, 4) is 0 Å². The summed E-state index contributed by atoms with van der Waals surface area (Å²) in [6.45, 7) is 0. The Hall–Kier alpha value is -1.10. The van der Waals surface area contributed by atoms with Crippen molar-refractivity contribution in [3.05, 3.63) is 28.8 Å². The molecule has 1 aromatic heterocycles. The highest BCUT2D eigenvalue weighted by Gasteiger charge is 2.20. The fraction of sp³-hybridized carbons (Fsp3) is 0.250. The van der Waals surface area contributed by atoms with E-state index >= 15 is 0 Å². The molecule has 0 bridgehead atoms. The van der Waals surface area contributed by atoms with Crippen LogP contribution in [-0.2, 0) is 5.88 Å². The predicted molar refractivity (Wildman–Crippen MR) is 44.1 cm³/mol. The fourth-order valence-electron chi connectivity index (χ4n) is 0.939. The Morgan fingerprint density at radius 2 is 2.21 bits per heavy atom. The van der Waals surface area contributed by atoms with E-state index in [1.54, 1.807) is 0 Å². The summed E-state index contributed by atoms with van der Waals surface area (Å²) >= 11 is 5.36. The van der Waals surface area contributed by atoms with Crippen molar-refractivity contribution in [1.29, 1.82) is 0 Å². The van der Waals surface area contributed by atoms with Gasteiger partial charge in [-0.25, -0.2) is 13.2 Å². The van der Waals surface area contributed by atoms with E-state index in [1.807, 2.05) is 0 Å². The van der Waals surface area contributed by atoms with Crippen LogP contribution in [0.15, 0.2) is 6.20 Å². The number of aldehydes is 1. The van der Waals surface area contributed by atoms with Gasteiger partial charge in [0.15, 0.2) is 12.1 Å². The van der Waals surface area contributed by atoms with Crippen LogP contribution in [0.3, 0.4) is 0 Å². The summed E-state index contributed by atoms with van der Waals surface area (Å²) in [7, 11) is 0. The van der Waals surface area contributed by atoms with Crippen LogP contribution in [0.5, 0.6) is 0 Å². The van der Waals surface area contributed by atoms with E-state index < -0.39 is 23.5 Å². The number of carbonyl (C=O) groups excluding carboxylic acids is 1. The number of halogens is 4. The first-order chi connectivity index (χ1) is 6.61. The van der Waals surface area contributed by atoms with Crippen molar-refractivity contribution in [2.45, 2.75) is 12.3 Å². The number of alkyl halides is 3. The summed E-state index contributed by atoms with van der Waals surface area (Å²) < 4.78 is 37.4. The number of carbonyl (C=O) groups is 1. The second kappa shape index (κ2) is 4.41. The highest BCUT2D eigenvalue weighted by molar-refractivity contribution is 6.17. The molecule has 0 spiro atoms. The lowest BCUT2D eigenvalue weighted by Gasteiger charge is -2.05. The van der Waals surface area contributed by atoms with E-state index in [9.17, 15) is 18.0 Å². The first-order valence-electron chi connectivity index (χ1n) is 3.58. The lowest BCUT2D eigenvalue weighted by Crippen LogP contribution is -2.03. The van der Waals surface area contributed by atoms with Crippen LogP contribution >= 0.6 is 11.6 Å². The zero-order valence-corrected chi connectivity index (χ0v) is 7.56. The second-order valence-electron chi connectivity index (χ2n) is 2.45. The summed E-state index contributed by atoms with van der Waals surface area (Å²) in [6.07, 6.45) is -1.92. The SMILES string of the molecule is O=Cc1c(CCl)cnc(C(F)F)c1F. The Labute approximate surface area is 82.7 Å². The van der Waals surface area contributed by atoms with Gasteiger partial charge in [-0.3, -0.25) is 9.78 Å². The van der Waals surface area contributed by atoms with Gasteiger partial charge in [0.05, 0.1) is 5.56 Å². The van der Waals surface area contributed by atoms with E-state index in [1.165, 1.54) is 0 Å². The minimum absolute atomic E-state index is 0.101. The van der Waals surface area contributed by atoms with Crippen molar-refractivity contribution in [1.82, 2.24) is 4.98 Å². The van der Waals surface area contributed by atoms with Crippen molar-refractivity contribution >= 4 is 17.9 Å². The minimum Gasteiger partial charge on any atom is -0.298 e. The first-order valence-corrected chi connectivity index (χ1v) is 4.11. The van der Waals surface area contributed by atoms with Crippen LogP contribution in [0.2, 0.25) is 0 Å².